The highest BCUT2D eigenvalue weighted by atomic mass is 32.2. The smallest absolute Gasteiger partial charge is 0.129 e. The summed E-state index contributed by atoms with van der Waals surface area (Å²) in [5, 5.41) is 0. The summed E-state index contributed by atoms with van der Waals surface area (Å²) in [6.07, 6.45) is 3.11. The van der Waals surface area contributed by atoms with Crippen molar-refractivity contribution < 1.29 is 4.79 Å². The van der Waals surface area contributed by atoms with Crippen LogP contribution >= 0.6 is 11.8 Å². The topological polar surface area (TPSA) is 17.1 Å². The van der Waals surface area contributed by atoms with E-state index in [1.807, 2.05) is 11.8 Å². The Morgan fingerprint density at radius 3 is 2.50 bits per heavy atom. The average Bonchev–Trinajstić information content (AvgIpc) is 1.95. The van der Waals surface area contributed by atoms with E-state index in [-0.39, 0.29) is 0 Å². The third kappa shape index (κ3) is 10.0. The zero-order valence-corrected chi connectivity index (χ0v) is 9.25. The molecule has 1 nitrogen and oxygen atoms in total. The van der Waals surface area contributed by atoms with Crippen LogP contribution in [-0.2, 0) is 4.79 Å². The molecule has 0 spiro atoms. The molecular weight excluding hydrogens is 168 g/mol. The van der Waals surface area contributed by atoms with E-state index in [0.717, 1.165) is 24.5 Å². The minimum Gasteiger partial charge on any atom is -0.300 e. The van der Waals surface area contributed by atoms with Gasteiger partial charge in [0.1, 0.15) is 5.78 Å². The number of thioether (sulfide) groups is 1. The maximum atomic E-state index is 10.6. The van der Waals surface area contributed by atoms with E-state index in [9.17, 15) is 4.79 Å². The highest BCUT2D eigenvalue weighted by Crippen LogP contribution is 2.10. The van der Waals surface area contributed by atoms with Gasteiger partial charge in [-0.3, -0.25) is 0 Å². The number of carbonyl (C=O) groups excluding carboxylic acids is 1. The molecule has 0 radical (unpaired) electrons. The first-order chi connectivity index (χ1) is 5.63. The van der Waals surface area contributed by atoms with E-state index in [1.54, 1.807) is 6.92 Å². The van der Waals surface area contributed by atoms with Crippen LogP contribution in [0.3, 0.4) is 0 Å². The van der Waals surface area contributed by atoms with Crippen LogP contribution in [0.25, 0.3) is 0 Å². The Labute approximate surface area is 80.3 Å². The van der Waals surface area contributed by atoms with E-state index < -0.39 is 0 Å². The van der Waals surface area contributed by atoms with Crippen LogP contribution < -0.4 is 0 Å². The quantitative estimate of drug-likeness (QED) is 0.571. The van der Waals surface area contributed by atoms with Gasteiger partial charge in [0.25, 0.3) is 0 Å². The summed E-state index contributed by atoms with van der Waals surface area (Å²) < 4.78 is 0. The lowest BCUT2D eigenvalue weighted by atomic mass is 10.2. The Hall–Kier alpha value is 0.0200. The SMILES string of the molecule is CC(=O)CCCSCCC(C)C. The monoisotopic (exact) mass is 188 g/mol. The van der Waals surface area contributed by atoms with Crippen molar-refractivity contribution >= 4 is 17.5 Å². The molecule has 0 rings (SSSR count). The second-order valence-corrected chi connectivity index (χ2v) is 4.83. The number of hydrogen-bond acceptors (Lipinski definition) is 2. The van der Waals surface area contributed by atoms with Crippen molar-refractivity contribution in [2.75, 3.05) is 11.5 Å². The zero-order valence-electron chi connectivity index (χ0n) is 8.43. The van der Waals surface area contributed by atoms with Crippen LogP contribution in [0.4, 0.5) is 0 Å². The van der Waals surface area contributed by atoms with E-state index in [1.165, 1.54) is 12.2 Å². The van der Waals surface area contributed by atoms with Crippen LogP contribution in [0.2, 0.25) is 0 Å². The Bertz CT molecular complexity index is 121. The third-order valence-electron chi connectivity index (χ3n) is 1.66. The molecule has 0 unspecified atom stereocenters. The van der Waals surface area contributed by atoms with E-state index in [2.05, 4.69) is 13.8 Å². The second kappa shape index (κ2) is 7.66. The molecule has 0 aromatic rings. The molecule has 0 aliphatic heterocycles. The van der Waals surface area contributed by atoms with Crippen molar-refractivity contribution in [2.24, 2.45) is 5.92 Å². The second-order valence-electron chi connectivity index (χ2n) is 3.60. The Morgan fingerprint density at radius 2 is 2.00 bits per heavy atom. The predicted molar refractivity (Wildman–Crippen MR) is 56.7 cm³/mol. The number of carbonyl (C=O) groups is 1. The van der Waals surface area contributed by atoms with Crippen molar-refractivity contribution in [2.45, 2.75) is 40.0 Å². The van der Waals surface area contributed by atoms with Crippen LogP contribution in [0.1, 0.15) is 40.0 Å². The fourth-order valence-electron chi connectivity index (χ4n) is 0.844. The van der Waals surface area contributed by atoms with Crippen molar-refractivity contribution in [1.29, 1.82) is 0 Å². The Balaban J connectivity index is 2.96. The van der Waals surface area contributed by atoms with Crippen LogP contribution in [0, 0.1) is 5.92 Å². The Kier molecular flexibility index (Phi) is 7.67. The molecule has 0 aromatic carbocycles. The molecule has 0 N–H and O–H groups in total. The van der Waals surface area contributed by atoms with Crippen LogP contribution in [0.5, 0.6) is 0 Å². The van der Waals surface area contributed by atoms with Gasteiger partial charge in [0, 0.05) is 6.42 Å². The summed E-state index contributed by atoms with van der Waals surface area (Å²) in [6.45, 7) is 6.16. The number of rotatable bonds is 7. The number of hydrogen-bond donors (Lipinski definition) is 0. The van der Waals surface area contributed by atoms with E-state index in [0.29, 0.717) is 5.78 Å². The molecule has 0 aliphatic carbocycles. The minimum atomic E-state index is 0.319. The molecule has 12 heavy (non-hydrogen) atoms. The van der Waals surface area contributed by atoms with Gasteiger partial charge in [-0.05, 0) is 37.2 Å². The Morgan fingerprint density at radius 1 is 1.33 bits per heavy atom. The van der Waals surface area contributed by atoms with Gasteiger partial charge >= 0.3 is 0 Å². The largest absolute Gasteiger partial charge is 0.300 e. The highest BCUT2D eigenvalue weighted by Gasteiger charge is 1.96. The normalized spacial score (nSPS) is 10.7. The van der Waals surface area contributed by atoms with Gasteiger partial charge in [-0.25, -0.2) is 0 Å². The zero-order chi connectivity index (χ0) is 9.40. The summed E-state index contributed by atoms with van der Waals surface area (Å²) in [5.41, 5.74) is 0. The molecule has 0 atom stereocenters. The molecule has 2 heteroatoms. The van der Waals surface area contributed by atoms with E-state index in [4.69, 9.17) is 0 Å². The first-order valence-electron chi connectivity index (χ1n) is 4.70. The summed E-state index contributed by atoms with van der Waals surface area (Å²) in [6, 6.07) is 0. The van der Waals surface area contributed by atoms with Gasteiger partial charge < -0.3 is 4.79 Å². The third-order valence-corrected chi connectivity index (χ3v) is 2.76. The van der Waals surface area contributed by atoms with E-state index >= 15 is 0 Å². The van der Waals surface area contributed by atoms with Crippen molar-refractivity contribution in [3.05, 3.63) is 0 Å². The van der Waals surface area contributed by atoms with Gasteiger partial charge in [-0.2, -0.15) is 11.8 Å². The molecule has 0 aliphatic rings. The lowest BCUT2D eigenvalue weighted by Crippen LogP contribution is -1.93. The molecule has 0 aromatic heterocycles. The summed E-state index contributed by atoms with van der Waals surface area (Å²) >= 11 is 1.97. The average molecular weight is 188 g/mol. The van der Waals surface area contributed by atoms with Gasteiger partial charge in [0.2, 0.25) is 0 Å². The van der Waals surface area contributed by atoms with Gasteiger partial charge in [-0.1, -0.05) is 13.8 Å². The predicted octanol–water partition coefficient (Wildman–Crippen LogP) is 3.13. The fourth-order valence-corrected chi connectivity index (χ4v) is 2.03. The van der Waals surface area contributed by atoms with Gasteiger partial charge in [0.15, 0.2) is 0 Å². The molecular formula is C10H20OS. The molecule has 0 fully saturated rings. The molecule has 0 saturated carbocycles. The van der Waals surface area contributed by atoms with Crippen LogP contribution in [0.15, 0.2) is 0 Å². The summed E-state index contributed by atoms with van der Waals surface area (Å²) in [4.78, 5) is 10.6. The first kappa shape index (κ1) is 12.0. The molecule has 0 heterocycles. The van der Waals surface area contributed by atoms with Crippen molar-refractivity contribution in [1.82, 2.24) is 0 Å². The highest BCUT2D eigenvalue weighted by molar-refractivity contribution is 7.99. The fraction of sp³-hybridized carbons (Fsp3) is 0.900. The van der Waals surface area contributed by atoms with Crippen LogP contribution in [-0.4, -0.2) is 17.3 Å². The molecule has 0 saturated heterocycles. The summed E-state index contributed by atoms with van der Waals surface area (Å²) in [5.74, 6) is 3.52. The molecule has 72 valence electrons. The molecule has 0 amide bonds. The lowest BCUT2D eigenvalue weighted by Gasteiger charge is -2.03. The maximum absolute atomic E-state index is 10.6. The number of Topliss-reactive ketones (excluding diaryl/α,β-unsaturated/α-hetero) is 1. The van der Waals surface area contributed by atoms with Crippen molar-refractivity contribution in [3.63, 3.8) is 0 Å². The first-order valence-corrected chi connectivity index (χ1v) is 5.85. The standard InChI is InChI=1S/C10H20OS/c1-9(2)6-8-12-7-4-5-10(3)11/h9H,4-8H2,1-3H3. The maximum Gasteiger partial charge on any atom is 0.129 e. The molecule has 0 bridgehead atoms. The van der Waals surface area contributed by atoms with Gasteiger partial charge in [0.05, 0.1) is 0 Å². The lowest BCUT2D eigenvalue weighted by molar-refractivity contribution is -0.117. The van der Waals surface area contributed by atoms with Crippen molar-refractivity contribution in [3.8, 4) is 0 Å². The van der Waals surface area contributed by atoms with Gasteiger partial charge in [-0.15, -0.1) is 0 Å². The summed E-state index contributed by atoms with van der Waals surface area (Å²) in [7, 11) is 0. The number of ketones is 1. The minimum absolute atomic E-state index is 0.319.